The maximum atomic E-state index is 12.0. The molecule has 0 saturated heterocycles. The van der Waals surface area contributed by atoms with Crippen molar-refractivity contribution in [3.63, 3.8) is 0 Å². The summed E-state index contributed by atoms with van der Waals surface area (Å²) in [5, 5.41) is 2.78. The summed E-state index contributed by atoms with van der Waals surface area (Å²) in [6.07, 6.45) is -0.0136. The van der Waals surface area contributed by atoms with Gasteiger partial charge in [-0.3, -0.25) is 4.79 Å². The van der Waals surface area contributed by atoms with Gasteiger partial charge in [0.2, 0.25) is 0 Å². The molecule has 0 bridgehead atoms. The first-order chi connectivity index (χ1) is 10.2. The summed E-state index contributed by atoms with van der Waals surface area (Å²) in [6, 6.07) is 9.26. The maximum absolute atomic E-state index is 12.0. The number of nitrogens with one attached hydrogen (secondary N) is 1. The average molecular weight is 307 g/mol. The molecule has 1 aromatic rings. The van der Waals surface area contributed by atoms with E-state index in [-0.39, 0.29) is 5.97 Å². The lowest BCUT2D eigenvalue weighted by molar-refractivity contribution is -0.145. The van der Waals surface area contributed by atoms with Crippen molar-refractivity contribution in [1.29, 1.82) is 0 Å². The predicted octanol–water partition coefficient (Wildman–Crippen LogP) is 2.93. The minimum atomic E-state index is -0.587. The van der Waals surface area contributed by atoms with Crippen LogP contribution in [0.4, 0.5) is 4.79 Å². The molecule has 1 rings (SSSR count). The maximum Gasteiger partial charge on any atom is 0.407 e. The zero-order valence-electron chi connectivity index (χ0n) is 13.9. The Morgan fingerprint density at radius 1 is 1.18 bits per heavy atom. The third kappa shape index (κ3) is 6.16. The molecular formula is C17H25NO4. The fourth-order valence-electron chi connectivity index (χ4n) is 2.03. The first-order valence-corrected chi connectivity index (χ1v) is 7.34. The molecule has 0 aliphatic carbocycles. The summed E-state index contributed by atoms with van der Waals surface area (Å²) in [7, 11) is 1.34. The van der Waals surface area contributed by atoms with Gasteiger partial charge in [-0.1, -0.05) is 30.3 Å². The summed E-state index contributed by atoms with van der Waals surface area (Å²) in [6.45, 7) is 7.12. The quantitative estimate of drug-likeness (QED) is 0.850. The Kier molecular flexibility index (Phi) is 6.40. The fraction of sp³-hybridized carbons (Fsp3) is 0.529. The van der Waals surface area contributed by atoms with Gasteiger partial charge >= 0.3 is 12.1 Å². The Morgan fingerprint density at radius 2 is 1.77 bits per heavy atom. The number of methoxy groups -OCH3 is 1. The topological polar surface area (TPSA) is 64.6 Å². The van der Waals surface area contributed by atoms with E-state index in [1.165, 1.54) is 7.11 Å². The molecule has 0 spiro atoms. The third-order valence-corrected chi connectivity index (χ3v) is 3.18. The summed E-state index contributed by atoms with van der Waals surface area (Å²) in [4.78, 5) is 23.8. The van der Waals surface area contributed by atoms with E-state index in [1.807, 2.05) is 30.3 Å². The van der Waals surface area contributed by atoms with Crippen LogP contribution in [0.15, 0.2) is 30.3 Å². The van der Waals surface area contributed by atoms with Crippen LogP contribution < -0.4 is 5.32 Å². The standard InChI is InChI=1S/C17H25NO4/c1-12(15(19)21-5)14(11-13-9-7-6-8-10-13)18-16(20)22-17(2,3)4/h6-10,12,14H,11H2,1-5H3,(H,18,20)/t12-,14-/m0/s1. The predicted molar refractivity (Wildman–Crippen MR) is 84.5 cm³/mol. The smallest absolute Gasteiger partial charge is 0.407 e. The molecule has 22 heavy (non-hydrogen) atoms. The molecule has 0 radical (unpaired) electrons. The van der Waals surface area contributed by atoms with E-state index in [2.05, 4.69) is 5.32 Å². The number of esters is 1. The molecule has 0 heterocycles. The average Bonchev–Trinajstić information content (AvgIpc) is 2.44. The summed E-state index contributed by atoms with van der Waals surface area (Å²) in [5.41, 5.74) is 0.440. The van der Waals surface area contributed by atoms with Crippen molar-refractivity contribution in [1.82, 2.24) is 5.32 Å². The van der Waals surface area contributed by atoms with Crippen molar-refractivity contribution in [3.05, 3.63) is 35.9 Å². The number of hydrogen-bond acceptors (Lipinski definition) is 4. The first-order valence-electron chi connectivity index (χ1n) is 7.34. The number of ether oxygens (including phenoxy) is 2. The number of alkyl carbamates (subject to hydrolysis) is 1. The van der Waals surface area contributed by atoms with Crippen LogP contribution in [0.3, 0.4) is 0 Å². The van der Waals surface area contributed by atoms with Gasteiger partial charge in [0.05, 0.1) is 13.0 Å². The Bertz CT molecular complexity index is 493. The van der Waals surface area contributed by atoms with Crippen LogP contribution in [0.1, 0.15) is 33.3 Å². The first kappa shape index (κ1) is 18.0. The largest absolute Gasteiger partial charge is 0.469 e. The van der Waals surface area contributed by atoms with Crippen LogP contribution >= 0.6 is 0 Å². The summed E-state index contributed by atoms with van der Waals surface area (Å²) in [5.74, 6) is -0.838. The Hall–Kier alpha value is -2.04. The molecule has 0 aliphatic heterocycles. The molecule has 5 nitrogen and oxygen atoms in total. The van der Waals surface area contributed by atoms with Crippen LogP contribution in [0.25, 0.3) is 0 Å². The molecule has 5 heteroatoms. The lowest BCUT2D eigenvalue weighted by Crippen LogP contribution is -2.46. The van der Waals surface area contributed by atoms with Gasteiger partial charge in [-0.05, 0) is 39.7 Å². The summed E-state index contributed by atoms with van der Waals surface area (Å²) >= 11 is 0. The van der Waals surface area contributed by atoms with Crippen molar-refractivity contribution < 1.29 is 19.1 Å². The van der Waals surface area contributed by atoms with Gasteiger partial charge in [-0.2, -0.15) is 0 Å². The van der Waals surface area contributed by atoms with E-state index in [0.29, 0.717) is 6.42 Å². The highest BCUT2D eigenvalue weighted by Gasteiger charge is 2.28. The van der Waals surface area contributed by atoms with Crippen LogP contribution in [-0.4, -0.2) is 30.8 Å². The number of hydrogen-bond donors (Lipinski definition) is 1. The Morgan fingerprint density at radius 3 is 2.27 bits per heavy atom. The second-order valence-corrected chi connectivity index (χ2v) is 6.25. The van der Waals surface area contributed by atoms with Crippen molar-refractivity contribution in [2.75, 3.05) is 7.11 Å². The SMILES string of the molecule is COC(=O)[C@@H](C)[C@H](Cc1ccccc1)NC(=O)OC(C)(C)C. The molecule has 2 atom stereocenters. The molecule has 0 unspecified atom stereocenters. The summed E-state index contributed by atoms with van der Waals surface area (Å²) < 4.78 is 10.0. The van der Waals surface area contributed by atoms with Crippen molar-refractivity contribution in [3.8, 4) is 0 Å². The van der Waals surface area contributed by atoms with Gasteiger partial charge in [-0.25, -0.2) is 4.79 Å². The second-order valence-electron chi connectivity index (χ2n) is 6.25. The van der Waals surface area contributed by atoms with Gasteiger partial charge in [-0.15, -0.1) is 0 Å². The van der Waals surface area contributed by atoms with Gasteiger partial charge in [0.15, 0.2) is 0 Å². The molecule has 122 valence electrons. The lowest BCUT2D eigenvalue weighted by Gasteiger charge is -2.26. The van der Waals surface area contributed by atoms with Crippen molar-refractivity contribution >= 4 is 12.1 Å². The zero-order chi connectivity index (χ0) is 16.8. The highest BCUT2D eigenvalue weighted by atomic mass is 16.6. The van der Waals surface area contributed by atoms with E-state index < -0.39 is 23.7 Å². The van der Waals surface area contributed by atoms with Gasteiger partial charge < -0.3 is 14.8 Å². The van der Waals surface area contributed by atoms with Crippen molar-refractivity contribution in [2.24, 2.45) is 5.92 Å². The molecule has 0 saturated carbocycles. The van der Waals surface area contributed by atoms with E-state index in [4.69, 9.17) is 9.47 Å². The molecule has 1 aromatic carbocycles. The normalized spacial score (nSPS) is 13.9. The van der Waals surface area contributed by atoms with Crippen LogP contribution in [0, 0.1) is 5.92 Å². The molecule has 0 fully saturated rings. The van der Waals surface area contributed by atoms with Crippen molar-refractivity contribution in [2.45, 2.75) is 45.8 Å². The van der Waals surface area contributed by atoms with Crippen LogP contribution in [-0.2, 0) is 20.7 Å². The van der Waals surface area contributed by atoms with Gasteiger partial charge in [0.1, 0.15) is 5.60 Å². The lowest BCUT2D eigenvalue weighted by atomic mass is 9.95. The molecule has 1 N–H and O–H groups in total. The fourth-order valence-corrected chi connectivity index (χ4v) is 2.03. The van der Waals surface area contributed by atoms with E-state index >= 15 is 0 Å². The number of rotatable bonds is 5. The van der Waals surface area contributed by atoms with Gasteiger partial charge in [0.25, 0.3) is 0 Å². The minimum absolute atomic E-state index is 0.364. The molecule has 0 aliphatic rings. The van der Waals surface area contributed by atoms with E-state index in [1.54, 1.807) is 27.7 Å². The Balaban J connectivity index is 2.82. The molecule has 1 amide bonds. The highest BCUT2D eigenvalue weighted by Crippen LogP contribution is 2.14. The number of carbonyl (C=O) groups is 2. The van der Waals surface area contributed by atoms with E-state index in [9.17, 15) is 9.59 Å². The minimum Gasteiger partial charge on any atom is -0.469 e. The Labute approximate surface area is 132 Å². The van der Waals surface area contributed by atoms with Gasteiger partial charge in [0, 0.05) is 6.04 Å². The van der Waals surface area contributed by atoms with E-state index in [0.717, 1.165) is 5.56 Å². The third-order valence-electron chi connectivity index (χ3n) is 3.18. The highest BCUT2D eigenvalue weighted by molar-refractivity contribution is 5.75. The van der Waals surface area contributed by atoms with Crippen LogP contribution in [0.2, 0.25) is 0 Å². The monoisotopic (exact) mass is 307 g/mol. The van der Waals surface area contributed by atoms with Crippen LogP contribution in [0.5, 0.6) is 0 Å². The molecular weight excluding hydrogens is 282 g/mol. The number of benzene rings is 1. The number of amides is 1. The number of carbonyl (C=O) groups excluding carboxylic acids is 2. The molecule has 0 aromatic heterocycles. The zero-order valence-corrected chi connectivity index (χ0v) is 13.9. The second kappa shape index (κ2) is 7.82.